The van der Waals surface area contributed by atoms with Crippen LogP contribution < -0.4 is 16.0 Å². The van der Waals surface area contributed by atoms with Crippen LogP contribution in [0.4, 0.5) is 11.4 Å². The number of anilines is 2. The Morgan fingerprint density at radius 3 is 2.11 bits per heavy atom. The van der Waals surface area contributed by atoms with Crippen LogP contribution in [0.15, 0.2) is 48.5 Å². The van der Waals surface area contributed by atoms with Crippen LogP contribution >= 0.6 is 12.2 Å². The quantitative estimate of drug-likeness (QED) is 0.659. The first kappa shape index (κ1) is 20.6. The number of carbonyl (C=O) groups excluding carboxylic acids is 2. The van der Waals surface area contributed by atoms with Crippen molar-refractivity contribution in [2.45, 2.75) is 33.6 Å². The first-order valence-electron chi connectivity index (χ1n) is 8.88. The Balaban J connectivity index is 1.84. The SMILES string of the molecule is Cc1ccccc1CC(=O)NC(=S)Nc1ccc(NC(=O)CC(C)C)cc1. The van der Waals surface area contributed by atoms with E-state index in [2.05, 4.69) is 16.0 Å². The topological polar surface area (TPSA) is 70.2 Å². The maximum atomic E-state index is 12.1. The number of thiocarbonyl (C=S) groups is 1. The van der Waals surface area contributed by atoms with E-state index in [1.165, 1.54) is 0 Å². The van der Waals surface area contributed by atoms with Gasteiger partial charge in [0.2, 0.25) is 11.8 Å². The average molecular weight is 384 g/mol. The molecule has 0 fully saturated rings. The van der Waals surface area contributed by atoms with Crippen LogP contribution in [0, 0.1) is 12.8 Å². The number of hydrogen-bond acceptors (Lipinski definition) is 3. The van der Waals surface area contributed by atoms with E-state index in [9.17, 15) is 9.59 Å². The predicted molar refractivity (Wildman–Crippen MR) is 114 cm³/mol. The Bertz CT molecular complexity index is 816. The maximum Gasteiger partial charge on any atom is 0.230 e. The third-order valence-corrected chi connectivity index (χ3v) is 4.09. The lowest BCUT2D eigenvalue weighted by Crippen LogP contribution is -2.35. The Morgan fingerprint density at radius 2 is 1.52 bits per heavy atom. The molecule has 0 saturated carbocycles. The lowest BCUT2D eigenvalue weighted by molar-refractivity contribution is -0.119. The molecule has 0 bridgehead atoms. The normalized spacial score (nSPS) is 10.4. The van der Waals surface area contributed by atoms with Gasteiger partial charge < -0.3 is 16.0 Å². The lowest BCUT2D eigenvalue weighted by Gasteiger charge is -2.11. The standard InChI is InChI=1S/C21H25N3O2S/c1-14(2)12-19(25)22-17-8-10-18(11-9-17)23-21(27)24-20(26)13-16-7-5-4-6-15(16)3/h4-11,14H,12-13H2,1-3H3,(H,22,25)(H2,23,24,26,27). The van der Waals surface area contributed by atoms with E-state index in [4.69, 9.17) is 12.2 Å². The molecule has 27 heavy (non-hydrogen) atoms. The van der Waals surface area contributed by atoms with Gasteiger partial charge in [-0.2, -0.15) is 0 Å². The van der Waals surface area contributed by atoms with E-state index in [1.807, 2.05) is 45.0 Å². The molecule has 142 valence electrons. The number of nitrogens with one attached hydrogen (secondary N) is 3. The van der Waals surface area contributed by atoms with Crippen molar-refractivity contribution in [1.29, 1.82) is 0 Å². The molecule has 2 rings (SSSR count). The zero-order valence-electron chi connectivity index (χ0n) is 15.8. The van der Waals surface area contributed by atoms with Crippen LogP contribution in [-0.4, -0.2) is 16.9 Å². The van der Waals surface area contributed by atoms with Crippen LogP contribution in [0.25, 0.3) is 0 Å². The van der Waals surface area contributed by atoms with Gasteiger partial charge in [0, 0.05) is 17.8 Å². The molecule has 3 N–H and O–H groups in total. The molecule has 0 atom stereocenters. The zero-order valence-corrected chi connectivity index (χ0v) is 16.7. The van der Waals surface area contributed by atoms with Crippen molar-refractivity contribution in [3.8, 4) is 0 Å². The highest BCUT2D eigenvalue weighted by atomic mass is 32.1. The van der Waals surface area contributed by atoms with Crippen LogP contribution in [0.1, 0.15) is 31.4 Å². The summed E-state index contributed by atoms with van der Waals surface area (Å²) < 4.78 is 0. The Hall–Kier alpha value is -2.73. The van der Waals surface area contributed by atoms with Gasteiger partial charge in [-0.15, -0.1) is 0 Å². The smallest absolute Gasteiger partial charge is 0.230 e. The van der Waals surface area contributed by atoms with Crippen LogP contribution in [0.5, 0.6) is 0 Å². The average Bonchev–Trinajstić information content (AvgIpc) is 2.58. The summed E-state index contributed by atoms with van der Waals surface area (Å²) in [6.07, 6.45) is 0.756. The van der Waals surface area contributed by atoms with Gasteiger partial charge >= 0.3 is 0 Å². The minimum absolute atomic E-state index is 0.00954. The summed E-state index contributed by atoms with van der Waals surface area (Å²) in [5.41, 5.74) is 3.50. The molecule has 5 nitrogen and oxygen atoms in total. The first-order chi connectivity index (χ1) is 12.8. The van der Waals surface area contributed by atoms with Crippen molar-refractivity contribution < 1.29 is 9.59 Å². The number of rotatable bonds is 6. The molecule has 0 heterocycles. The third kappa shape index (κ3) is 7.19. The fourth-order valence-electron chi connectivity index (χ4n) is 2.53. The summed E-state index contributed by atoms with van der Waals surface area (Å²) in [4.78, 5) is 23.9. The van der Waals surface area contributed by atoms with Crippen molar-refractivity contribution in [3.63, 3.8) is 0 Å². The molecule has 0 aromatic heterocycles. The molecule has 0 aliphatic rings. The molecule has 2 amide bonds. The van der Waals surface area contributed by atoms with Crippen molar-refractivity contribution in [3.05, 3.63) is 59.7 Å². The maximum absolute atomic E-state index is 12.1. The third-order valence-electron chi connectivity index (χ3n) is 3.89. The van der Waals surface area contributed by atoms with Crippen LogP contribution in [0.2, 0.25) is 0 Å². The van der Waals surface area contributed by atoms with Gasteiger partial charge in [-0.3, -0.25) is 9.59 Å². The molecule has 0 saturated heterocycles. The van der Waals surface area contributed by atoms with Crippen molar-refractivity contribution in [1.82, 2.24) is 5.32 Å². The van der Waals surface area contributed by atoms with Gasteiger partial charge in [0.1, 0.15) is 0 Å². The van der Waals surface area contributed by atoms with Gasteiger partial charge in [-0.25, -0.2) is 0 Å². The fraction of sp³-hybridized carbons (Fsp3) is 0.286. The van der Waals surface area contributed by atoms with E-state index < -0.39 is 0 Å². The van der Waals surface area contributed by atoms with E-state index in [-0.39, 0.29) is 23.3 Å². The van der Waals surface area contributed by atoms with E-state index >= 15 is 0 Å². The largest absolute Gasteiger partial charge is 0.332 e. The Kier molecular flexibility index (Phi) is 7.49. The summed E-state index contributed by atoms with van der Waals surface area (Å²) in [5.74, 6) is 0.135. The minimum atomic E-state index is -0.167. The first-order valence-corrected chi connectivity index (χ1v) is 9.29. The summed E-state index contributed by atoms with van der Waals surface area (Å²) in [6, 6.07) is 14.9. The van der Waals surface area contributed by atoms with Gasteiger partial charge in [-0.1, -0.05) is 38.1 Å². The highest BCUT2D eigenvalue weighted by molar-refractivity contribution is 7.80. The molecule has 2 aromatic rings. The van der Waals surface area contributed by atoms with Gasteiger partial charge in [0.05, 0.1) is 6.42 Å². The second-order valence-electron chi connectivity index (χ2n) is 6.83. The number of amides is 2. The minimum Gasteiger partial charge on any atom is -0.332 e. The van der Waals surface area contributed by atoms with E-state index in [0.29, 0.717) is 12.3 Å². The Labute approximate surface area is 165 Å². The number of carbonyl (C=O) groups is 2. The molecule has 0 radical (unpaired) electrons. The molecule has 2 aromatic carbocycles. The number of aryl methyl sites for hydroxylation is 1. The zero-order chi connectivity index (χ0) is 19.8. The van der Waals surface area contributed by atoms with Crippen LogP contribution in [-0.2, 0) is 16.0 Å². The molecule has 0 unspecified atom stereocenters. The molecule has 0 aliphatic carbocycles. The number of hydrogen-bond donors (Lipinski definition) is 3. The summed E-state index contributed by atoms with van der Waals surface area (Å²) in [5, 5.41) is 8.75. The summed E-state index contributed by atoms with van der Waals surface area (Å²) >= 11 is 5.20. The lowest BCUT2D eigenvalue weighted by atomic mass is 10.1. The highest BCUT2D eigenvalue weighted by Crippen LogP contribution is 2.14. The van der Waals surface area contributed by atoms with Crippen molar-refractivity contribution in [2.24, 2.45) is 5.92 Å². The van der Waals surface area contributed by atoms with Gasteiger partial charge in [0.25, 0.3) is 0 Å². The van der Waals surface area contributed by atoms with Crippen molar-refractivity contribution in [2.75, 3.05) is 10.6 Å². The molecular formula is C21H25N3O2S. The van der Waals surface area contributed by atoms with Gasteiger partial charge in [0.15, 0.2) is 5.11 Å². The molecule has 0 aliphatic heterocycles. The summed E-state index contributed by atoms with van der Waals surface area (Å²) in [7, 11) is 0. The Morgan fingerprint density at radius 1 is 0.926 bits per heavy atom. The monoisotopic (exact) mass is 383 g/mol. The van der Waals surface area contributed by atoms with Crippen molar-refractivity contribution >= 4 is 40.5 Å². The summed E-state index contributed by atoms with van der Waals surface area (Å²) in [6.45, 7) is 5.97. The van der Waals surface area contributed by atoms with E-state index in [1.54, 1.807) is 24.3 Å². The second kappa shape index (κ2) is 9.83. The fourth-order valence-corrected chi connectivity index (χ4v) is 2.77. The van der Waals surface area contributed by atoms with Crippen LogP contribution in [0.3, 0.4) is 0 Å². The molecule has 0 spiro atoms. The molecular weight excluding hydrogens is 358 g/mol. The predicted octanol–water partition coefficient (Wildman–Crippen LogP) is 4.04. The van der Waals surface area contributed by atoms with Gasteiger partial charge in [-0.05, 0) is 60.5 Å². The highest BCUT2D eigenvalue weighted by Gasteiger charge is 2.08. The number of benzene rings is 2. The molecule has 6 heteroatoms. The van der Waals surface area contributed by atoms with E-state index in [0.717, 1.165) is 22.5 Å². The second-order valence-corrected chi connectivity index (χ2v) is 7.24.